The molecule has 1 aliphatic rings. The molecule has 3 nitrogen and oxygen atoms in total. The zero-order valence-corrected chi connectivity index (χ0v) is 15.0. The highest BCUT2D eigenvalue weighted by Gasteiger charge is 2.16. The molecule has 1 fully saturated rings. The van der Waals surface area contributed by atoms with Crippen molar-refractivity contribution in [1.29, 1.82) is 0 Å². The molecule has 0 aromatic heterocycles. The van der Waals surface area contributed by atoms with Crippen LogP contribution in [-0.2, 0) is 9.47 Å². The predicted octanol–water partition coefficient (Wildman–Crippen LogP) is 3.86. The second-order valence-electron chi connectivity index (χ2n) is 6.03. The molecule has 24 heavy (non-hydrogen) atoms. The first-order chi connectivity index (χ1) is 11.3. The molecule has 1 aliphatic heterocycles. The van der Waals surface area contributed by atoms with Gasteiger partial charge >= 0.3 is 0 Å². The molecule has 0 aliphatic carbocycles. The Morgan fingerprint density at radius 3 is 2.25 bits per heavy atom. The van der Waals surface area contributed by atoms with Crippen molar-refractivity contribution in [2.75, 3.05) is 39.5 Å². The van der Waals surface area contributed by atoms with Gasteiger partial charge in [0, 0.05) is 19.6 Å². The van der Waals surface area contributed by atoms with Crippen molar-refractivity contribution in [3.05, 3.63) is 71.3 Å². The summed E-state index contributed by atoms with van der Waals surface area (Å²) < 4.78 is 11.7. The van der Waals surface area contributed by atoms with Crippen LogP contribution in [0.25, 0.3) is 0 Å². The third-order valence-corrected chi connectivity index (χ3v) is 4.28. The summed E-state index contributed by atoms with van der Waals surface area (Å²) in [5, 5.41) is 0. The van der Waals surface area contributed by atoms with E-state index in [9.17, 15) is 0 Å². The van der Waals surface area contributed by atoms with Gasteiger partial charge in [-0.3, -0.25) is 4.90 Å². The number of hydrogen-bond acceptors (Lipinski definition) is 3. The number of benzene rings is 2. The van der Waals surface area contributed by atoms with E-state index in [1.807, 2.05) is 6.07 Å². The highest BCUT2D eigenvalue weighted by Crippen LogP contribution is 2.26. The molecule has 1 heterocycles. The number of hydrogen-bond donors (Lipinski definition) is 0. The molecule has 2 aromatic carbocycles. The monoisotopic (exact) mass is 347 g/mol. The number of aryl methyl sites for hydroxylation is 1. The Balaban J connectivity index is 0.00000208. The molecule has 0 bridgehead atoms. The maximum Gasteiger partial charge on any atom is 0.108 e. The standard InChI is InChI=1S/C20H25NO2.ClH/c1-17-7-9-19(10-8-17)20(18-5-3-2-4-6-18)23-16-13-21-11-14-22-15-12-21;/h2-10,20H,11-16H2,1H3;1H. The lowest BCUT2D eigenvalue weighted by Gasteiger charge is -2.27. The topological polar surface area (TPSA) is 21.7 Å². The predicted molar refractivity (Wildman–Crippen MR) is 99.9 cm³/mol. The van der Waals surface area contributed by atoms with Gasteiger partial charge in [-0.15, -0.1) is 12.4 Å². The molecule has 1 atom stereocenters. The van der Waals surface area contributed by atoms with Crippen molar-refractivity contribution in [1.82, 2.24) is 4.90 Å². The maximum atomic E-state index is 6.27. The number of rotatable bonds is 6. The molecule has 1 saturated heterocycles. The molecule has 2 aromatic rings. The number of morpholine rings is 1. The van der Waals surface area contributed by atoms with Crippen molar-refractivity contribution < 1.29 is 9.47 Å². The molecular formula is C20H26ClNO2. The van der Waals surface area contributed by atoms with E-state index in [1.54, 1.807) is 0 Å². The molecule has 0 radical (unpaired) electrons. The van der Waals surface area contributed by atoms with Gasteiger partial charge in [0.25, 0.3) is 0 Å². The van der Waals surface area contributed by atoms with Gasteiger partial charge in [0.05, 0.1) is 19.8 Å². The Hall–Kier alpha value is -1.39. The first kappa shape index (κ1) is 18.9. The van der Waals surface area contributed by atoms with E-state index in [1.165, 1.54) is 16.7 Å². The summed E-state index contributed by atoms with van der Waals surface area (Å²) in [7, 11) is 0. The molecule has 0 amide bonds. The molecular weight excluding hydrogens is 322 g/mol. The van der Waals surface area contributed by atoms with E-state index < -0.39 is 0 Å². The normalized spacial score (nSPS) is 16.4. The van der Waals surface area contributed by atoms with Crippen LogP contribution in [0.3, 0.4) is 0 Å². The lowest BCUT2D eigenvalue weighted by molar-refractivity contribution is 0.00967. The Kier molecular flexibility index (Phi) is 7.73. The lowest BCUT2D eigenvalue weighted by Crippen LogP contribution is -2.38. The molecule has 0 saturated carbocycles. The minimum Gasteiger partial charge on any atom is -0.379 e. The minimum atomic E-state index is -0.00200. The fourth-order valence-corrected chi connectivity index (χ4v) is 2.88. The van der Waals surface area contributed by atoms with E-state index in [4.69, 9.17) is 9.47 Å². The molecule has 4 heteroatoms. The van der Waals surface area contributed by atoms with E-state index in [2.05, 4.69) is 60.4 Å². The molecule has 0 N–H and O–H groups in total. The first-order valence-corrected chi connectivity index (χ1v) is 8.36. The zero-order valence-electron chi connectivity index (χ0n) is 14.2. The molecule has 130 valence electrons. The summed E-state index contributed by atoms with van der Waals surface area (Å²) in [5.74, 6) is 0. The summed E-state index contributed by atoms with van der Waals surface area (Å²) >= 11 is 0. The van der Waals surface area contributed by atoms with Crippen LogP contribution >= 0.6 is 12.4 Å². The van der Waals surface area contributed by atoms with Crippen molar-refractivity contribution in [3.8, 4) is 0 Å². The van der Waals surface area contributed by atoms with Crippen LogP contribution in [0.4, 0.5) is 0 Å². The van der Waals surface area contributed by atoms with E-state index in [0.717, 1.165) is 39.5 Å². The second-order valence-corrected chi connectivity index (χ2v) is 6.03. The zero-order chi connectivity index (χ0) is 15.9. The largest absolute Gasteiger partial charge is 0.379 e. The average molecular weight is 348 g/mol. The summed E-state index contributed by atoms with van der Waals surface area (Å²) in [6.45, 7) is 7.47. The fraction of sp³-hybridized carbons (Fsp3) is 0.400. The van der Waals surface area contributed by atoms with Gasteiger partial charge in [-0.1, -0.05) is 60.2 Å². The number of nitrogens with zero attached hydrogens (tertiary/aromatic N) is 1. The van der Waals surface area contributed by atoms with Gasteiger partial charge < -0.3 is 9.47 Å². The summed E-state index contributed by atoms with van der Waals surface area (Å²) in [6.07, 6.45) is -0.00200. The number of ether oxygens (including phenoxy) is 2. The Labute approximate surface area is 151 Å². The van der Waals surface area contributed by atoms with E-state index in [-0.39, 0.29) is 18.5 Å². The van der Waals surface area contributed by atoms with Crippen molar-refractivity contribution >= 4 is 12.4 Å². The summed E-state index contributed by atoms with van der Waals surface area (Å²) in [5.41, 5.74) is 3.69. The van der Waals surface area contributed by atoms with E-state index >= 15 is 0 Å². The lowest BCUT2D eigenvalue weighted by atomic mass is 10.0. The van der Waals surface area contributed by atoms with Crippen LogP contribution in [0.15, 0.2) is 54.6 Å². The Bertz CT molecular complexity index is 582. The third-order valence-electron chi connectivity index (χ3n) is 4.28. The van der Waals surface area contributed by atoms with Gasteiger partial charge in [0.2, 0.25) is 0 Å². The van der Waals surface area contributed by atoms with Crippen molar-refractivity contribution in [3.63, 3.8) is 0 Å². The van der Waals surface area contributed by atoms with Crippen LogP contribution in [0.1, 0.15) is 22.8 Å². The average Bonchev–Trinajstić information content (AvgIpc) is 2.61. The van der Waals surface area contributed by atoms with Gasteiger partial charge in [-0.25, -0.2) is 0 Å². The van der Waals surface area contributed by atoms with Crippen LogP contribution in [0.2, 0.25) is 0 Å². The minimum absolute atomic E-state index is 0. The second kappa shape index (κ2) is 9.80. The third kappa shape index (κ3) is 5.32. The molecule has 3 rings (SSSR count). The molecule has 0 spiro atoms. The van der Waals surface area contributed by atoms with Crippen molar-refractivity contribution in [2.45, 2.75) is 13.0 Å². The van der Waals surface area contributed by atoms with Crippen LogP contribution in [-0.4, -0.2) is 44.4 Å². The van der Waals surface area contributed by atoms with Crippen LogP contribution in [0.5, 0.6) is 0 Å². The van der Waals surface area contributed by atoms with Gasteiger partial charge in [0.15, 0.2) is 0 Å². The highest BCUT2D eigenvalue weighted by molar-refractivity contribution is 5.85. The van der Waals surface area contributed by atoms with Crippen LogP contribution in [0, 0.1) is 6.92 Å². The summed E-state index contributed by atoms with van der Waals surface area (Å²) in [4.78, 5) is 2.40. The smallest absolute Gasteiger partial charge is 0.108 e. The molecule has 1 unspecified atom stereocenters. The van der Waals surface area contributed by atoms with Gasteiger partial charge in [-0.05, 0) is 18.1 Å². The SMILES string of the molecule is Cc1ccc(C(OCCN2CCOCC2)c2ccccc2)cc1.Cl. The van der Waals surface area contributed by atoms with E-state index in [0.29, 0.717) is 0 Å². The maximum absolute atomic E-state index is 6.27. The first-order valence-electron chi connectivity index (χ1n) is 8.36. The number of halogens is 1. The Morgan fingerprint density at radius 2 is 1.58 bits per heavy atom. The fourth-order valence-electron chi connectivity index (χ4n) is 2.88. The highest BCUT2D eigenvalue weighted by atomic mass is 35.5. The summed E-state index contributed by atoms with van der Waals surface area (Å²) in [6, 6.07) is 19.1. The van der Waals surface area contributed by atoms with Crippen molar-refractivity contribution in [2.24, 2.45) is 0 Å². The van der Waals surface area contributed by atoms with Crippen LogP contribution < -0.4 is 0 Å². The Morgan fingerprint density at radius 1 is 0.958 bits per heavy atom. The quantitative estimate of drug-likeness (QED) is 0.792. The van der Waals surface area contributed by atoms with Gasteiger partial charge in [0.1, 0.15) is 6.10 Å². The van der Waals surface area contributed by atoms with Gasteiger partial charge in [-0.2, -0.15) is 0 Å².